The highest BCUT2D eigenvalue weighted by molar-refractivity contribution is 5.15. The van der Waals surface area contributed by atoms with Crippen LogP contribution in [0.3, 0.4) is 0 Å². The van der Waals surface area contributed by atoms with Crippen molar-refractivity contribution in [3.8, 4) is 0 Å². The quantitative estimate of drug-likeness (QED) is 0.665. The highest BCUT2D eigenvalue weighted by Gasteiger charge is 2.08. The van der Waals surface area contributed by atoms with Crippen LogP contribution in [0.5, 0.6) is 0 Å². The lowest BCUT2D eigenvalue weighted by Gasteiger charge is -2.17. The maximum atomic E-state index is 5.19. The second-order valence-electron chi connectivity index (χ2n) is 4.54. The van der Waals surface area contributed by atoms with Gasteiger partial charge in [0.1, 0.15) is 0 Å². The summed E-state index contributed by atoms with van der Waals surface area (Å²) in [7, 11) is 1.78. The minimum Gasteiger partial charge on any atom is -0.385 e. The third-order valence-corrected chi connectivity index (χ3v) is 2.96. The van der Waals surface area contributed by atoms with Gasteiger partial charge in [0, 0.05) is 13.7 Å². The van der Waals surface area contributed by atoms with Crippen molar-refractivity contribution in [3.63, 3.8) is 0 Å². The van der Waals surface area contributed by atoms with Crippen LogP contribution in [0, 0.1) is 5.92 Å². The van der Waals surface area contributed by atoms with Gasteiger partial charge in [-0.3, -0.25) is 0 Å². The summed E-state index contributed by atoms with van der Waals surface area (Å²) in [5.74, 6) is 0.670. The molecule has 0 saturated carbocycles. The molecule has 0 bridgehead atoms. The highest BCUT2D eigenvalue weighted by Crippen LogP contribution is 2.11. The van der Waals surface area contributed by atoms with Gasteiger partial charge in [0.25, 0.3) is 0 Å². The number of hydrogen-bond donors (Lipinski definition) is 1. The number of ether oxygens (including phenoxy) is 1. The zero-order valence-corrected chi connectivity index (χ0v) is 11.1. The van der Waals surface area contributed by atoms with Crippen LogP contribution in [-0.4, -0.2) is 26.8 Å². The molecule has 0 saturated heterocycles. The van der Waals surface area contributed by atoms with E-state index in [1.807, 2.05) is 0 Å². The molecule has 1 unspecified atom stereocenters. The Labute approximate surface area is 105 Å². The number of benzene rings is 1. The Morgan fingerprint density at radius 3 is 2.65 bits per heavy atom. The van der Waals surface area contributed by atoms with Gasteiger partial charge in [-0.1, -0.05) is 37.3 Å². The van der Waals surface area contributed by atoms with Crippen molar-refractivity contribution in [1.82, 2.24) is 5.32 Å². The van der Waals surface area contributed by atoms with Crippen molar-refractivity contribution in [2.45, 2.75) is 26.2 Å². The summed E-state index contributed by atoms with van der Waals surface area (Å²) in [5, 5.41) is 3.51. The van der Waals surface area contributed by atoms with Gasteiger partial charge in [0.05, 0.1) is 0 Å². The molecule has 2 nitrogen and oxygen atoms in total. The Balaban J connectivity index is 2.39. The van der Waals surface area contributed by atoms with Gasteiger partial charge in [-0.15, -0.1) is 0 Å². The Morgan fingerprint density at radius 1 is 1.24 bits per heavy atom. The molecule has 0 heterocycles. The minimum atomic E-state index is 0.670. The first-order chi connectivity index (χ1) is 8.36. The molecule has 2 heteroatoms. The first-order valence-corrected chi connectivity index (χ1v) is 6.60. The molecule has 1 aromatic carbocycles. The fourth-order valence-corrected chi connectivity index (χ4v) is 1.99. The molecule has 0 amide bonds. The smallest absolute Gasteiger partial charge is 0.0465 e. The van der Waals surface area contributed by atoms with Gasteiger partial charge in [0.2, 0.25) is 0 Å². The monoisotopic (exact) mass is 235 g/mol. The minimum absolute atomic E-state index is 0.670. The molecule has 0 fully saturated rings. The van der Waals surface area contributed by atoms with Gasteiger partial charge in [0.15, 0.2) is 0 Å². The third kappa shape index (κ3) is 6.44. The van der Waals surface area contributed by atoms with E-state index in [4.69, 9.17) is 4.74 Å². The van der Waals surface area contributed by atoms with E-state index < -0.39 is 0 Å². The predicted molar refractivity (Wildman–Crippen MR) is 73.3 cm³/mol. The summed E-state index contributed by atoms with van der Waals surface area (Å²) < 4.78 is 5.19. The lowest BCUT2D eigenvalue weighted by atomic mass is 9.96. The zero-order chi connectivity index (χ0) is 12.3. The lowest BCUT2D eigenvalue weighted by Crippen LogP contribution is -2.26. The fourth-order valence-electron chi connectivity index (χ4n) is 1.99. The van der Waals surface area contributed by atoms with Gasteiger partial charge in [-0.2, -0.15) is 0 Å². The van der Waals surface area contributed by atoms with Crippen LogP contribution in [0.15, 0.2) is 30.3 Å². The molecule has 0 aliphatic heterocycles. The van der Waals surface area contributed by atoms with Crippen LogP contribution in [0.2, 0.25) is 0 Å². The molecular weight excluding hydrogens is 210 g/mol. The molecule has 0 aromatic heterocycles. The first-order valence-electron chi connectivity index (χ1n) is 6.60. The van der Waals surface area contributed by atoms with Gasteiger partial charge >= 0.3 is 0 Å². The second kappa shape index (κ2) is 9.20. The molecule has 1 rings (SSSR count). The van der Waals surface area contributed by atoms with Gasteiger partial charge in [-0.05, 0) is 43.8 Å². The van der Waals surface area contributed by atoms with Crippen molar-refractivity contribution in [1.29, 1.82) is 0 Å². The molecule has 0 spiro atoms. The maximum absolute atomic E-state index is 5.19. The van der Waals surface area contributed by atoms with Crippen LogP contribution in [-0.2, 0) is 11.2 Å². The Hall–Kier alpha value is -0.860. The van der Waals surface area contributed by atoms with Crippen LogP contribution < -0.4 is 5.32 Å². The number of hydrogen-bond acceptors (Lipinski definition) is 2. The van der Waals surface area contributed by atoms with Crippen LogP contribution in [0.25, 0.3) is 0 Å². The van der Waals surface area contributed by atoms with E-state index in [2.05, 4.69) is 42.6 Å². The average Bonchev–Trinajstić information content (AvgIpc) is 2.37. The molecule has 0 aliphatic rings. The van der Waals surface area contributed by atoms with Gasteiger partial charge in [-0.25, -0.2) is 0 Å². The van der Waals surface area contributed by atoms with Gasteiger partial charge < -0.3 is 10.1 Å². The fraction of sp³-hybridized carbons (Fsp3) is 0.600. The summed E-state index contributed by atoms with van der Waals surface area (Å²) in [6.07, 6.45) is 3.46. The van der Waals surface area contributed by atoms with Crippen molar-refractivity contribution in [2.24, 2.45) is 5.92 Å². The largest absolute Gasteiger partial charge is 0.385 e. The predicted octanol–water partition coefficient (Wildman–Crippen LogP) is 2.88. The normalized spacial score (nSPS) is 12.6. The van der Waals surface area contributed by atoms with E-state index in [-0.39, 0.29) is 0 Å². The van der Waals surface area contributed by atoms with Crippen molar-refractivity contribution in [2.75, 3.05) is 26.8 Å². The van der Waals surface area contributed by atoms with Crippen molar-refractivity contribution in [3.05, 3.63) is 35.9 Å². The average molecular weight is 235 g/mol. The molecule has 0 aliphatic carbocycles. The molecule has 1 aromatic rings. The van der Waals surface area contributed by atoms with E-state index in [9.17, 15) is 0 Å². The number of methoxy groups -OCH3 is 1. The summed E-state index contributed by atoms with van der Waals surface area (Å²) in [4.78, 5) is 0. The number of rotatable bonds is 9. The summed E-state index contributed by atoms with van der Waals surface area (Å²) in [6.45, 7) is 5.25. The molecule has 1 N–H and O–H groups in total. The Bertz CT molecular complexity index is 274. The molecule has 0 radical (unpaired) electrons. The second-order valence-corrected chi connectivity index (χ2v) is 4.54. The molecular formula is C15H25NO. The highest BCUT2D eigenvalue weighted by atomic mass is 16.5. The standard InChI is InChI=1S/C15H25NO/c1-3-10-16-13-15(9-11-17-2)12-14-7-5-4-6-8-14/h4-8,15-16H,3,9-13H2,1-2H3. The molecule has 1 atom stereocenters. The lowest BCUT2D eigenvalue weighted by molar-refractivity contribution is 0.176. The van der Waals surface area contributed by atoms with E-state index in [0.29, 0.717) is 5.92 Å². The third-order valence-electron chi connectivity index (χ3n) is 2.96. The van der Waals surface area contributed by atoms with Crippen molar-refractivity contribution >= 4 is 0 Å². The molecule has 17 heavy (non-hydrogen) atoms. The van der Waals surface area contributed by atoms with E-state index in [0.717, 1.165) is 32.5 Å². The van der Waals surface area contributed by atoms with Crippen LogP contribution >= 0.6 is 0 Å². The summed E-state index contributed by atoms with van der Waals surface area (Å²) >= 11 is 0. The summed E-state index contributed by atoms with van der Waals surface area (Å²) in [6, 6.07) is 10.7. The zero-order valence-electron chi connectivity index (χ0n) is 11.1. The molecule has 96 valence electrons. The van der Waals surface area contributed by atoms with E-state index in [1.54, 1.807) is 7.11 Å². The van der Waals surface area contributed by atoms with Crippen molar-refractivity contribution < 1.29 is 4.74 Å². The maximum Gasteiger partial charge on any atom is 0.0465 e. The number of nitrogens with one attached hydrogen (secondary N) is 1. The van der Waals surface area contributed by atoms with Crippen LogP contribution in [0.1, 0.15) is 25.3 Å². The summed E-state index contributed by atoms with van der Waals surface area (Å²) in [5.41, 5.74) is 1.42. The Morgan fingerprint density at radius 2 is 2.00 bits per heavy atom. The van der Waals surface area contributed by atoms with E-state index in [1.165, 1.54) is 12.0 Å². The topological polar surface area (TPSA) is 21.3 Å². The van der Waals surface area contributed by atoms with Crippen LogP contribution in [0.4, 0.5) is 0 Å². The first kappa shape index (κ1) is 14.2. The Kier molecular flexibility index (Phi) is 7.69. The SMILES string of the molecule is CCCNCC(CCOC)Cc1ccccc1. The van der Waals surface area contributed by atoms with E-state index >= 15 is 0 Å².